The Morgan fingerprint density at radius 3 is 0.786 bits per heavy atom. The standard InChI is InChI=1S/C4H9O.2C4H9.Al/c1-4(2,3)5;2*1-4(2)3;/h1-3H3;2*1-3H3;/q-1;;;+1. The summed E-state index contributed by atoms with van der Waals surface area (Å²) in [6, 6.07) is 0. The van der Waals surface area contributed by atoms with Gasteiger partial charge in [0.05, 0.1) is 0 Å². The summed E-state index contributed by atoms with van der Waals surface area (Å²) in [4.78, 5) is 0. The third-order valence-corrected chi connectivity index (χ3v) is 2.60. The average molecular weight is 214 g/mol. The number of rotatable bonds is 0. The molecule has 0 saturated heterocycles. The first-order chi connectivity index (χ1) is 5.71. The molecule has 0 unspecified atom stereocenters. The minimum atomic E-state index is -0.750. The molecule has 0 rings (SSSR count). The molecule has 0 fully saturated rings. The van der Waals surface area contributed by atoms with Gasteiger partial charge in [0.15, 0.2) is 0 Å². The molecular weight excluding hydrogens is 187 g/mol. The van der Waals surface area contributed by atoms with Crippen LogP contribution in [0.3, 0.4) is 0 Å². The molecule has 2 heteroatoms. The van der Waals surface area contributed by atoms with E-state index in [4.69, 9.17) is 0 Å². The van der Waals surface area contributed by atoms with Gasteiger partial charge in [0.1, 0.15) is 0 Å². The second-order valence-corrected chi connectivity index (χ2v) is 10.7. The van der Waals surface area contributed by atoms with Gasteiger partial charge in [-0.1, -0.05) is 20.8 Å². The molecule has 0 radical (unpaired) electrons. The fourth-order valence-electron chi connectivity index (χ4n) is 1.30. The molecule has 0 spiro atoms. The van der Waals surface area contributed by atoms with Gasteiger partial charge in [-0.25, -0.2) is 0 Å². The summed E-state index contributed by atoms with van der Waals surface area (Å²) in [6.45, 7) is 18.9. The van der Waals surface area contributed by atoms with E-state index < -0.39 is 5.60 Å². The molecule has 0 saturated carbocycles. The molecule has 0 aromatic rings. The van der Waals surface area contributed by atoms with Crippen molar-refractivity contribution in [3.63, 3.8) is 0 Å². The third-order valence-electron chi connectivity index (χ3n) is 0.866. The quantitative estimate of drug-likeness (QED) is 0.567. The van der Waals surface area contributed by atoms with Crippen molar-refractivity contribution in [3.8, 4) is 0 Å². The van der Waals surface area contributed by atoms with Gasteiger partial charge in [-0.3, -0.25) is 0 Å². The van der Waals surface area contributed by atoms with Crippen LogP contribution in [0.2, 0.25) is 8.55 Å². The van der Waals surface area contributed by atoms with E-state index in [0.29, 0.717) is 23.8 Å². The minimum absolute atomic E-state index is 0.568. The Hall–Kier alpha value is 0.492. The van der Waals surface area contributed by atoms with Crippen LogP contribution in [0.4, 0.5) is 0 Å². The van der Waals surface area contributed by atoms with Crippen LogP contribution >= 0.6 is 0 Å². The Balaban J connectivity index is 0. The normalized spacial score (nSPS) is 12.7. The van der Waals surface area contributed by atoms with E-state index in [2.05, 4.69) is 41.5 Å². The van der Waals surface area contributed by atoms with Crippen molar-refractivity contribution in [3.05, 3.63) is 0 Å². The number of hydrogen-bond acceptors (Lipinski definition) is 1. The molecule has 14 heavy (non-hydrogen) atoms. The van der Waals surface area contributed by atoms with E-state index >= 15 is 0 Å². The zero-order chi connectivity index (χ0) is 12.2. The zero-order valence-corrected chi connectivity index (χ0v) is 12.6. The fourth-order valence-corrected chi connectivity index (χ4v) is 3.90. The molecule has 0 N–H and O–H groups in total. The Labute approximate surface area is 97.0 Å². The summed E-state index contributed by atoms with van der Waals surface area (Å²) >= 11 is 0.569. The molecule has 0 aliphatic rings. The molecule has 0 aliphatic carbocycles. The van der Waals surface area contributed by atoms with Crippen LogP contribution in [0, 0.1) is 0 Å². The van der Waals surface area contributed by atoms with Gasteiger partial charge >= 0.3 is 65.3 Å². The van der Waals surface area contributed by atoms with Crippen LogP contribution < -0.4 is 5.11 Å². The summed E-state index contributed by atoms with van der Waals surface area (Å²) in [5, 5.41) is 10.1. The predicted octanol–water partition coefficient (Wildman–Crippen LogP) is 3.27. The van der Waals surface area contributed by atoms with E-state index in [-0.39, 0.29) is 0 Å². The van der Waals surface area contributed by atoms with E-state index in [1.54, 1.807) is 20.8 Å². The molecule has 84 valence electrons. The van der Waals surface area contributed by atoms with Gasteiger partial charge in [0, 0.05) is 0 Å². The van der Waals surface area contributed by atoms with Crippen LogP contribution in [-0.4, -0.2) is 20.8 Å². The maximum absolute atomic E-state index is 10.1. The van der Waals surface area contributed by atoms with E-state index in [9.17, 15) is 5.11 Å². The van der Waals surface area contributed by atoms with E-state index in [1.165, 1.54) is 0 Å². The van der Waals surface area contributed by atoms with Crippen LogP contribution in [0.5, 0.6) is 0 Å². The summed E-state index contributed by atoms with van der Waals surface area (Å²) in [6.07, 6.45) is 0. The molecule has 0 aromatic carbocycles. The molecule has 1 nitrogen and oxygen atoms in total. The Bertz CT molecular complexity index is 125. The Morgan fingerprint density at radius 2 is 0.786 bits per heavy atom. The first-order valence-corrected chi connectivity index (χ1v) is 6.44. The maximum atomic E-state index is 10.1. The van der Waals surface area contributed by atoms with Crippen molar-refractivity contribution in [1.82, 2.24) is 0 Å². The first kappa shape index (κ1) is 16.9. The van der Waals surface area contributed by atoms with Gasteiger partial charge < -0.3 is 5.11 Å². The Morgan fingerprint density at radius 1 is 0.643 bits per heavy atom. The summed E-state index contributed by atoms with van der Waals surface area (Å²) < 4.78 is 1.14. The van der Waals surface area contributed by atoms with Crippen LogP contribution in [0.1, 0.15) is 62.3 Å². The van der Waals surface area contributed by atoms with Crippen molar-refractivity contribution in [2.45, 2.75) is 76.5 Å². The van der Waals surface area contributed by atoms with Gasteiger partial charge in [0.25, 0.3) is 0 Å². The van der Waals surface area contributed by atoms with Crippen molar-refractivity contribution in [2.24, 2.45) is 0 Å². The third kappa shape index (κ3) is 39.1. The molecule has 0 atom stereocenters. The average Bonchev–Trinajstić information content (AvgIpc) is 1.42. The predicted molar refractivity (Wildman–Crippen MR) is 64.9 cm³/mol. The summed E-state index contributed by atoms with van der Waals surface area (Å²) in [7, 11) is 0. The van der Waals surface area contributed by atoms with Gasteiger partial charge in [0.2, 0.25) is 0 Å². The first-order valence-electron chi connectivity index (χ1n) is 5.28. The van der Waals surface area contributed by atoms with E-state index in [0.717, 1.165) is 0 Å². The van der Waals surface area contributed by atoms with Crippen LogP contribution in [0.25, 0.3) is 0 Å². The monoisotopic (exact) mass is 214 g/mol. The van der Waals surface area contributed by atoms with Crippen molar-refractivity contribution in [1.29, 1.82) is 0 Å². The number of hydrogen-bond donors (Lipinski definition) is 0. The van der Waals surface area contributed by atoms with Crippen molar-refractivity contribution in [2.75, 3.05) is 0 Å². The van der Waals surface area contributed by atoms with Gasteiger partial charge in [-0.2, -0.15) is 0 Å². The molecular formula is C12H27AlO. The molecule has 0 aromatic heterocycles. The van der Waals surface area contributed by atoms with Crippen molar-refractivity contribution >= 4 is 15.2 Å². The molecule has 0 heterocycles. The van der Waals surface area contributed by atoms with E-state index in [1.807, 2.05) is 0 Å². The summed E-state index contributed by atoms with van der Waals surface area (Å²) in [5.74, 6) is 0. The SMILES string of the molecule is CC(C)(C)[O-].C[C](C)(C)[Al+][C](C)(C)C. The zero-order valence-electron chi connectivity index (χ0n) is 11.5. The van der Waals surface area contributed by atoms with Crippen LogP contribution in [-0.2, 0) is 0 Å². The summed E-state index contributed by atoms with van der Waals surface area (Å²) in [5.41, 5.74) is -0.750. The molecule has 0 bridgehead atoms. The van der Waals surface area contributed by atoms with Gasteiger partial charge in [-0.15, -0.1) is 5.60 Å². The second kappa shape index (κ2) is 5.54. The van der Waals surface area contributed by atoms with Crippen LogP contribution in [0.15, 0.2) is 0 Å². The van der Waals surface area contributed by atoms with Crippen molar-refractivity contribution < 1.29 is 5.11 Å². The van der Waals surface area contributed by atoms with Gasteiger partial charge in [-0.05, 0) is 0 Å². The molecule has 0 aliphatic heterocycles. The fraction of sp³-hybridized carbons (Fsp3) is 1.00. The topological polar surface area (TPSA) is 23.1 Å². The molecule has 0 amide bonds. The Kier molecular flexibility index (Phi) is 6.69. The second-order valence-electron chi connectivity index (χ2n) is 6.99.